The molecule has 1 saturated heterocycles. The van der Waals surface area contributed by atoms with Crippen LogP contribution in [0.3, 0.4) is 0 Å². The highest BCUT2D eigenvalue weighted by atomic mass is 32.2. The number of hydrogen-bond donors (Lipinski definition) is 1. The maximum Gasteiger partial charge on any atom is 0.319 e. The summed E-state index contributed by atoms with van der Waals surface area (Å²) in [6.45, 7) is 2.56. The molecule has 0 aromatic heterocycles. The van der Waals surface area contributed by atoms with Crippen molar-refractivity contribution in [1.29, 1.82) is 0 Å². The van der Waals surface area contributed by atoms with E-state index in [2.05, 4.69) is 5.32 Å². The zero-order chi connectivity index (χ0) is 13.2. The minimum absolute atomic E-state index is 0.0905. The Hall–Kier alpha value is -1.60. The third-order valence-corrected chi connectivity index (χ3v) is 3.88. The van der Waals surface area contributed by atoms with Crippen molar-refractivity contribution in [2.75, 3.05) is 19.8 Å². The first kappa shape index (κ1) is 12.8. The minimum atomic E-state index is -3.81. The molecular weight excluding hydrogens is 256 g/mol. The standard InChI is InChI=1S/C11H14N2O4S/c1-9-2-4-10(5-3-9)18(15,16)17-8-13-7-6-12-11(13)14/h2-5H,6-8H2,1H3,(H,12,14). The van der Waals surface area contributed by atoms with Gasteiger partial charge < -0.3 is 5.32 Å². The summed E-state index contributed by atoms with van der Waals surface area (Å²) in [6, 6.07) is 6.04. The smallest absolute Gasteiger partial charge is 0.319 e. The molecule has 6 nitrogen and oxygen atoms in total. The molecule has 1 N–H and O–H groups in total. The van der Waals surface area contributed by atoms with Gasteiger partial charge in [0.2, 0.25) is 0 Å². The van der Waals surface area contributed by atoms with Crippen molar-refractivity contribution in [2.45, 2.75) is 11.8 Å². The molecule has 98 valence electrons. The van der Waals surface area contributed by atoms with E-state index < -0.39 is 10.1 Å². The summed E-state index contributed by atoms with van der Waals surface area (Å²) in [5, 5.41) is 2.57. The number of amides is 2. The van der Waals surface area contributed by atoms with Crippen LogP contribution in [0.15, 0.2) is 29.2 Å². The van der Waals surface area contributed by atoms with Crippen molar-refractivity contribution in [3.63, 3.8) is 0 Å². The van der Waals surface area contributed by atoms with Gasteiger partial charge in [0.25, 0.3) is 10.1 Å². The number of hydrogen-bond acceptors (Lipinski definition) is 4. The summed E-state index contributed by atoms with van der Waals surface area (Å²) in [5.41, 5.74) is 0.966. The van der Waals surface area contributed by atoms with Crippen molar-refractivity contribution >= 4 is 16.1 Å². The molecule has 1 heterocycles. The number of nitrogens with one attached hydrogen (secondary N) is 1. The molecule has 7 heteroatoms. The Morgan fingerprint density at radius 1 is 1.33 bits per heavy atom. The summed E-state index contributed by atoms with van der Waals surface area (Å²) in [7, 11) is -3.81. The fourth-order valence-electron chi connectivity index (χ4n) is 1.54. The van der Waals surface area contributed by atoms with Gasteiger partial charge in [-0.15, -0.1) is 0 Å². The van der Waals surface area contributed by atoms with E-state index in [1.807, 2.05) is 6.92 Å². The first-order valence-corrected chi connectivity index (χ1v) is 6.89. The molecule has 0 unspecified atom stereocenters. The van der Waals surface area contributed by atoms with E-state index in [4.69, 9.17) is 4.18 Å². The molecule has 1 fully saturated rings. The van der Waals surface area contributed by atoms with Crippen LogP contribution >= 0.6 is 0 Å². The van der Waals surface area contributed by atoms with Crippen LogP contribution in [0.2, 0.25) is 0 Å². The van der Waals surface area contributed by atoms with Gasteiger partial charge in [-0.1, -0.05) is 17.7 Å². The summed E-state index contributed by atoms with van der Waals surface area (Å²) in [4.78, 5) is 12.6. The van der Waals surface area contributed by atoms with Crippen molar-refractivity contribution in [1.82, 2.24) is 10.2 Å². The topological polar surface area (TPSA) is 75.7 Å². The van der Waals surface area contributed by atoms with Crippen LogP contribution in [-0.2, 0) is 14.3 Å². The lowest BCUT2D eigenvalue weighted by atomic mass is 10.2. The van der Waals surface area contributed by atoms with Crippen LogP contribution in [0.4, 0.5) is 4.79 Å². The fourth-order valence-corrected chi connectivity index (χ4v) is 2.41. The molecule has 2 amide bonds. The van der Waals surface area contributed by atoms with Gasteiger partial charge in [0.05, 0.1) is 4.90 Å². The lowest BCUT2D eigenvalue weighted by Crippen LogP contribution is -2.31. The van der Waals surface area contributed by atoms with Gasteiger partial charge in [0, 0.05) is 13.1 Å². The van der Waals surface area contributed by atoms with Crippen LogP contribution in [0.5, 0.6) is 0 Å². The van der Waals surface area contributed by atoms with Gasteiger partial charge in [-0.3, -0.25) is 4.90 Å². The molecule has 1 aliphatic rings. The van der Waals surface area contributed by atoms with E-state index in [9.17, 15) is 13.2 Å². The summed E-state index contributed by atoms with van der Waals surface area (Å²) in [6.07, 6.45) is 0. The van der Waals surface area contributed by atoms with Gasteiger partial charge in [0.1, 0.15) is 6.73 Å². The Kier molecular flexibility index (Phi) is 3.53. The lowest BCUT2D eigenvalue weighted by molar-refractivity contribution is 0.161. The lowest BCUT2D eigenvalue weighted by Gasteiger charge is -2.13. The molecule has 0 radical (unpaired) electrons. The first-order valence-electron chi connectivity index (χ1n) is 5.48. The normalized spacial score (nSPS) is 15.8. The zero-order valence-electron chi connectivity index (χ0n) is 9.92. The third-order valence-electron chi connectivity index (χ3n) is 2.62. The van der Waals surface area contributed by atoms with Crippen LogP contribution in [0.25, 0.3) is 0 Å². The number of carbonyl (C=O) groups excluding carboxylic acids is 1. The predicted octanol–water partition coefficient (Wildman–Crippen LogP) is 0.683. The first-order chi connectivity index (χ1) is 8.49. The molecule has 0 spiro atoms. The molecule has 1 aromatic rings. The van der Waals surface area contributed by atoms with Crippen molar-refractivity contribution in [2.24, 2.45) is 0 Å². The average Bonchev–Trinajstić information content (AvgIpc) is 2.73. The molecule has 0 bridgehead atoms. The highest BCUT2D eigenvalue weighted by Crippen LogP contribution is 2.13. The van der Waals surface area contributed by atoms with E-state index in [1.165, 1.54) is 17.0 Å². The molecule has 1 aliphatic heterocycles. The van der Waals surface area contributed by atoms with Crippen molar-refractivity contribution in [3.8, 4) is 0 Å². The number of urea groups is 1. The largest absolute Gasteiger partial charge is 0.336 e. The Balaban J connectivity index is 2.03. The van der Waals surface area contributed by atoms with E-state index in [-0.39, 0.29) is 17.7 Å². The Morgan fingerprint density at radius 3 is 2.56 bits per heavy atom. The number of carbonyl (C=O) groups is 1. The Labute approximate surface area is 106 Å². The van der Waals surface area contributed by atoms with E-state index >= 15 is 0 Å². The molecular formula is C11H14N2O4S. The van der Waals surface area contributed by atoms with Gasteiger partial charge in [-0.25, -0.2) is 8.98 Å². The number of nitrogens with zero attached hydrogens (tertiary/aromatic N) is 1. The van der Waals surface area contributed by atoms with Gasteiger partial charge in [-0.2, -0.15) is 8.42 Å². The quantitative estimate of drug-likeness (QED) is 0.816. The summed E-state index contributed by atoms with van der Waals surface area (Å²) < 4.78 is 28.5. The van der Waals surface area contributed by atoms with Crippen LogP contribution < -0.4 is 5.32 Å². The maximum atomic E-state index is 11.8. The predicted molar refractivity (Wildman–Crippen MR) is 64.4 cm³/mol. The molecule has 0 atom stereocenters. The SMILES string of the molecule is Cc1ccc(S(=O)(=O)OCN2CCNC2=O)cc1. The zero-order valence-corrected chi connectivity index (χ0v) is 10.7. The van der Waals surface area contributed by atoms with Crippen molar-refractivity contribution in [3.05, 3.63) is 29.8 Å². The molecule has 1 aromatic carbocycles. The second-order valence-corrected chi connectivity index (χ2v) is 5.62. The number of rotatable bonds is 4. The van der Waals surface area contributed by atoms with Gasteiger partial charge >= 0.3 is 6.03 Å². The van der Waals surface area contributed by atoms with Gasteiger partial charge in [-0.05, 0) is 19.1 Å². The second-order valence-electron chi connectivity index (χ2n) is 4.01. The van der Waals surface area contributed by atoms with E-state index in [0.29, 0.717) is 13.1 Å². The Bertz CT molecular complexity index is 539. The molecule has 18 heavy (non-hydrogen) atoms. The number of aryl methyl sites for hydroxylation is 1. The monoisotopic (exact) mass is 270 g/mol. The van der Waals surface area contributed by atoms with Gasteiger partial charge in [0.15, 0.2) is 0 Å². The van der Waals surface area contributed by atoms with E-state index in [1.54, 1.807) is 12.1 Å². The fraction of sp³-hybridized carbons (Fsp3) is 0.364. The van der Waals surface area contributed by atoms with Crippen molar-refractivity contribution < 1.29 is 17.4 Å². The van der Waals surface area contributed by atoms with Crippen LogP contribution in [0, 0.1) is 6.92 Å². The molecule has 0 aliphatic carbocycles. The minimum Gasteiger partial charge on any atom is -0.336 e. The molecule has 2 rings (SSSR count). The highest BCUT2D eigenvalue weighted by Gasteiger charge is 2.23. The summed E-state index contributed by atoms with van der Waals surface area (Å²) in [5.74, 6) is 0. The average molecular weight is 270 g/mol. The van der Waals surface area contributed by atoms with Crippen LogP contribution in [-0.4, -0.2) is 39.2 Å². The highest BCUT2D eigenvalue weighted by molar-refractivity contribution is 7.86. The Morgan fingerprint density at radius 2 is 2.00 bits per heavy atom. The second kappa shape index (κ2) is 4.95. The summed E-state index contributed by atoms with van der Waals surface area (Å²) >= 11 is 0. The van der Waals surface area contributed by atoms with E-state index in [0.717, 1.165) is 5.56 Å². The van der Waals surface area contributed by atoms with Crippen LogP contribution in [0.1, 0.15) is 5.56 Å². The maximum absolute atomic E-state index is 11.8. The molecule has 0 saturated carbocycles. The number of benzene rings is 1. The third kappa shape index (κ3) is 2.80.